The van der Waals surface area contributed by atoms with Crippen LogP contribution in [0.2, 0.25) is 0 Å². The fourth-order valence-electron chi connectivity index (χ4n) is 2.94. The highest BCUT2D eigenvalue weighted by Gasteiger charge is 2.30. The van der Waals surface area contributed by atoms with E-state index in [9.17, 15) is 23.1 Å². The summed E-state index contributed by atoms with van der Waals surface area (Å²) in [5.74, 6) is -1.69. The van der Waals surface area contributed by atoms with Gasteiger partial charge in [0, 0.05) is 23.2 Å². The molecule has 1 heterocycles. The molecule has 0 aliphatic carbocycles. The fraction of sp³-hybridized carbons (Fsp3) is 0.522. The molecule has 0 saturated heterocycles. The topological polar surface area (TPSA) is 140 Å². The van der Waals surface area contributed by atoms with Crippen LogP contribution in [0.25, 0.3) is 0 Å². The molecule has 0 bridgehead atoms. The molecule has 3 N–H and O–H groups in total. The predicted molar refractivity (Wildman–Crippen MR) is 129 cm³/mol. The standard InChI is InChI=1S/C23H34N4O6S/c1-9-14(4)26-34(31,32)18-12-16(24-20(28)13(2)3)10-11-17(18)33-21-15(5)19(22(29)30)25-27(21)23(6,7)8/h10-14,26H,9H2,1-8H3,(H,24,28)(H,29,30)/t14-/m1/s1. The van der Waals surface area contributed by atoms with Crippen LogP contribution in [0, 0.1) is 12.8 Å². The summed E-state index contributed by atoms with van der Waals surface area (Å²) >= 11 is 0. The van der Waals surface area contributed by atoms with E-state index in [-0.39, 0.29) is 45.6 Å². The number of anilines is 1. The highest BCUT2D eigenvalue weighted by molar-refractivity contribution is 7.89. The third-order valence-electron chi connectivity index (χ3n) is 5.11. The molecule has 188 valence electrons. The number of carboxylic acids is 1. The SMILES string of the molecule is CC[C@@H](C)NS(=O)(=O)c1cc(NC(=O)C(C)C)ccc1Oc1c(C)c(C(=O)O)nn1C(C)(C)C. The molecule has 2 rings (SSSR count). The molecule has 0 fully saturated rings. The second-order valence-electron chi connectivity index (χ2n) is 9.50. The lowest BCUT2D eigenvalue weighted by atomic mass is 10.1. The maximum atomic E-state index is 13.2. The molecule has 1 atom stereocenters. The number of nitrogens with one attached hydrogen (secondary N) is 2. The lowest BCUT2D eigenvalue weighted by Gasteiger charge is -2.23. The Morgan fingerprint density at radius 3 is 2.32 bits per heavy atom. The first-order valence-corrected chi connectivity index (χ1v) is 12.5. The number of benzene rings is 1. The summed E-state index contributed by atoms with van der Waals surface area (Å²) in [7, 11) is -4.04. The van der Waals surface area contributed by atoms with E-state index in [1.54, 1.807) is 27.7 Å². The van der Waals surface area contributed by atoms with Gasteiger partial charge in [-0.15, -0.1) is 0 Å². The van der Waals surface area contributed by atoms with Crippen molar-refractivity contribution in [1.82, 2.24) is 14.5 Å². The van der Waals surface area contributed by atoms with Crippen LogP contribution in [0.3, 0.4) is 0 Å². The minimum Gasteiger partial charge on any atom is -0.476 e. The van der Waals surface area contributed by atoms with Crippen molar-refractivity contribution in [3.63, 3.8) is 0 Å². The number of carbonyl (C=O) groups is 2. The van der Waals surface area contributed by atoms with Crippen LogP contribution in [0.5, 0.6) is 11.6 Å². The molecule has 1 amide bonds. The van der Waals surface area contributed by atoms with Crippen LogP contribution in [-0.2, 0) is 20.4 Å². The van der Waals surface area contributed by atoms with Crippen LogP contribution in [-0.4, -0.2) is 41.2 Å². The van der Waals surface area contributed by atoms with Crippen molar-refractivity contribution < 1.29 is 27.9 Å². The van der Waals surface area contributed by atoms with Crippen LogP contribution >= 0.6 is 0 Å². The van der Waals surface area contributed by atoms with E-state index in [1.807, 2.05) is 27.7 Å². The maximum Gasteiger partial charge on any atom is 0.356 e. The van der Waals surface area contributed by atoms with Crippen molar-refractivity contribution in [3.05, 3.63) is 29.5 Å². The Balaban J connectivity index is 2.68. The molecular formula is C23H34N4O6S. The summed E-state index contributed by atoms with van der Waals surface area (Å²) in [6, 6.07) is 3.95. The summed E-state index contributed by atoms with van der Waals surface area (Å²) in [6.45, 7) is 14.1. The second-order valence-corrected chi connectivity index (χ2v) is 11.2. The van der Waals surface area contributed by atoms with Crippen molar-refractivity contribution in [2.45, 2.75) is 78.3 Å². The monoisotopic (exact) mass is 494 g/mol. The molecule has 10 nitrogen and oxygen atoms in total. The summed E-state index contributed by atoms with van der Waals surface area (Å²) in [6.07, 6.45) is 0.567. The number of aromatic carboxylic acids is 1. The molecule has 0 aliphatic heterocycles. The second kappa shape index (κ2) is 10.1. The van der Waals surface area contributed by atoms with Gasteiger partial charge in [0.1, 0.15) is 10.6 Å². The first-order valence-electron chi connectivity index (χ1n) is 11.1. The largest absolute Gasteiger partial charge is 0.476 e. The van der Waals surface area contributed by atoms with Crippen LogP contribution in [0.4, 0.5) is 5.69 Å². The fourth-order valence-corrected chi connectivity index (χ4v) is 4.42. The number of aromatic nitrogens is 2. The Morgan fingerprint density at radius 2 is 1.82 bits per heavy atom. The van der Waals surface area contributed by atoms with Gasteiger partial charge < -0.3 is 15.2 Å². The van der Waals surface area contributed by atoms with Gasteiger partial charge in [0.25, 0.3) is 0 Å². The summed E-state index contributed by atoms with van der Waals surface area (Å²) in [5.41, 5.74) is -0.277. The number of rotatable bonds is 9. The minimum absolute atomic E-state index is 0.0243. The Kier molecular flexibility index (Phi) is 8.15. The minimum atomic E-state index is -4.04. The molecule has 0 spiro atoms. The molecule has 11 heteroatoms. The third kappa shape index (κ3) is 6.15. The molecule has 1 aromatic carbocycles. The molecule has 1 aromatic heterocycles. The Hall–Kier alpha value is -2.92. The number of carbonyl (C=O) groups excluding carboxylic acids is 1. The van der Waals surface area contributed by atoms with Crippen molar-refractivity contribution >= 4 is 27.6 Å². The number of hydrogen-bond donors (Lipinski definition) is 3. The van der Waals surface area contributed by atoms with E-state index in [2.05, 4.69) is 15.1 Å². The molecule has 0 saturated carbocycles. The molecular weight excluding hydrogens is 460 g/mol. The highest BCUT2D eigenvalue weighted by Crippen LogP contribution is 2.36. The number of ether oxygens (including phenoxy) is 1. The van der Waals surface area contributed by atoms with Gasteiger partial charge in [-0.2, -0.15) is 5.10 Å². The van der Waals surface area contributed by atoms with Crippen LogP contribution in [0.1, 0.15) is 70.9 Å². The zero-order valence-corrected chi connectivity index (χ0v) is 21.7. The van der Waals surface area contributed by atoms with Gasteiger partial charge in [-0.25, -0.2) is 22.6 Å². The number of carboxylic acid groups (broad SMARTS) is 1. The zero-order valence-electron chi connectivity index (χ0n) is 20.9. The molecule has 2 aromatic rings. The Bertz CT molecular complexity index is 1180. The van der Waals surface area contributed by atoms with E-state index in [0.29, 0.717) is 12.1 Å². The average molecular weight is 495 g/mol. The smallest absolute Gasteiger partial charge is 0.356 e. The summed E-state index contributed by atoms with van der Waals surface area (Å²) < 4.78 is 36.5. The summed E-state index contributed by atoms with van der Waals surface area (Å²) in [4.78, 5) is 23.6. The lowest BCUT2D eigenvalue weighted by molar-refractivity contribution is -0.118. The zero-order chi connectivity index (χ0) is 26.0. The number of hydrogen-bond acceptors (Lipinski definition) is 6. The maximum absolute atomic E-state index is 13.2. The van der Waals surface area contributed by atoms with Crippen LogP contribution < -0.4 is 14.8 Å². The average Bonchev–Trinajstić information content (AvgIpc) is 3.05. The molecule has 0 aliphatic rings. The lowest BCUT2D eigenvalue weighted by Crippen LogP contribution is -2.32. The van der Waals surface area contributed by atoms with Gasteiger partial charge in [0.2, 0.25) is 21.8 Å². The normalized spacial score (nSPS) is 13.1. The number of sulfonamides is 1. The first-order chi connectivity index (χ1) is 15.6. The van der Waals surface area contributed by atoms with Gasteiger partial charge in [0.15, 0.2) is 5.69 Å². The van der Waals surface area contributed by atoms with Gasteiger partial charge in [0.05, 0.1) is 5.54 Å². The van der Waals surface area contributed by atoms with E-state index >= 15 is 0 Å². The van der Waals surface area contributed by atoms with Crippen molar-refractivity contribution in [2.24, 2.45) is 5.92 Å². The molecule has 0 radical (unpaired) electrons. The summed E-state index contributed by atoms with van der Waals surface area (Å²) in [5, 5.41) is 16.4. The van der Waals surface area contributed by atoms with Gasteiger partial charge in [-0.3, -0.25) is 4.79 Å². The predicted octanol–water partition coefficient (Wildman–Crippen LogP) is 4.11. The highest BCUT2D eigenvalue weighted by atomic mass is 32.2. The van der Waals surface area contributed by atoms with E-state index in [4.69, 9.17) is 4.74 Å². The van der Waals surface area contributed by atoms with Crippen molar-refractivity contribution in [2.75, 3.05) is 5.32 Å². The third-order valence-corrected chi connectivity index (χ3v) is 6.72. The molecule has 0 unspecified atom stereocenters. The van der Waals surface area contributed by atoms with E-state index in [1.165, 1.54) is 22.9 Å². The molecule has 34 heavy (non-hydrogen) atoms. The Labute approximate surface area is 200 Å². The number of nitrogens with zero attached hydrogens (tertiary/aromatic N) is 2. The van der Waals surface area contributed by atoms with Gasteiger partial charge in [-0.1, -0.05) is 20.8 Å². The number of amides is 1. The van der Waals surface area contributed by atoms with E-state index < -0.39 is 21.5 Å². The van der Waals surface area contributed by atoms with Crippen LogP contribution in [0.15, 0.2) is 23.1 Å². The van der Waals surface area contributed by atoms with Crippen molar-refractivity contribution in [1.29, 1.82) is 0 Å². The van der Waals surface area contributed by atoms with E-state index in [0.717, 1.165) is 0 Å². The quantitative estimate of drug-likeness (QED) is 0.476. The van der Waals surface area contributed by atoms with Gasteiger partial charge in [-0.05, 0) is 59.2 Å². The Morgan fingerprint density at radius 1 is 1.21 bits per heavy atom. The first kappa shape index (κ1) is 27.3. The van der Waals surface area contributed by atoms with Gasteiger partial charge >= 0.3 is 5.97 Å². The van der Waals surface area contributed by atoms with Crippen molar-refractivity contribution in [3.8, 4) is 11.6 Å².